The highest BCUT2D eigenvalue weighted by Crippen LogP contribution is 2.19. The van der Waals surface area contributed by atoms with Crippen LogP contribution in [0.15, 0.2) is 48.9 Å². The zero-order valence-corrected chi connectivity index (χ0v) is 14.1. The van der Waals surface area contributed by atoms with Crippen molar-refractivity contribution in [3.05, 3.63) is 48.9 Å². The molecule has 1 unspecified atom stereocenters. The summed E-state index contributed by atoms with van der Waals surface area (Å²) in [6.07, 6.45) is 7.28. The molecule has 1 aromatic carbocycles. The van der Waals surface area contributed by atoms with Gasteiger partial charge in [-0.3, -0.25) is 0 Å². The van der Waals surface area contributed by atoms with Crippen molar-refractivity contribution in [3.63, 3.8) is 0 Å². The van der Waals surface area contributed by atoms with Gasteiger partial charge in [0.05, 0.1) is 12.3 Å². The van der Waals surface area contributed by atoms with Crippen molar-refractivity contribution in [1.29, 1.82) is 0 Å². The standard InChI is InChI=1S/C18H19N5O3/c24-18(22-16-11-20-23-9-2-8-19-17(16)23)21-13-4-6-14(7-5-13)26-12-15-3-1-10-25-15/h2,4-9,11,15H,1,3,10,12H2,(H2,21,22,24). The van der Waals surface area contributed by atoms with Crippen LogP contribution in [0.25, 0.3) is 5.65 Å². The lowest BCUT2D eigenvalue weighted by molar-refractivity contribution is 0.0679. The third kappa shape index (κ3) is 3.75. The van der Waals surface area contributed by atoms with E-state index in [1.54, 1.807) is 41.3 Å². The van der Waals surface area contributed by atoms with Crippen molar-refractivity contribution in [2.75, 3.05) is 23.8 Å². The number of carbonyl (C=O) groups is 1. The second-order valence-electron chi connectivity index (χ2n) is 6.00. The van der Waals surface area contributed by atoms with Crippen molar-refractivity contribution >= 4 is 23.1 Å². The highest BCUT2D eigenvalue weighted by molar-refractivity contribution is 6.01. The van der Waals surface area contributed by atoms with E-state index in [1.807, 2.05) is 12.1 Å². The summed E-state index contributed by atoms with van der Waals surface area (Å²) in [4.78, 5) is 16.4. The zero-order valence-electron chi connectivity index (χ0n) is 14.1. The summed E-state index contributed by atoms with van der Waals surface area (Å²) < 4.78 is 12.8. The monoisotopic (exact) mass is 353 g/mol. The fourth-order valence-electron chi connectivity index (χ4n) is 2.80. The number of nitrogens with zero attached hydrogens (tertiary/aromatic N) is 3. The number of hydrogen-bond acceptors (Lipinski definition) is 5. The molecule has 1 fully saturated rings. The Morgan fingerprint density at radius 1 is 1.31 bits per heavy atom. The maximum Gasteiger partial charge on any atom is 0.323 e. The van der Waals surface area contributed by atoms with Crippen molar-refractivity contribution in [2.24, 2.45) is 0 Å². The van der Waals surface area contributed by atoms with Crippen LogP contribution in [0.3, 0.4) is 0 Å². The average Bonchev–Trinajstić information content (AvgIpc) is 3.32. The lowest BCUT2D eigenvalue weighted by Gasteiger charge is -2.12. The molecule has 1 atom stereocenters. The second kappa shape index (κ2) is 7.40. The number of nitrogens with one attached hydrogen (secondary N) is 2. The van der Waals surface area contributed by atoms with E-state index in [0.717, 1.165) is 25.2 Å². The summed E-state index contributed by atoms with van der Waals surface area (Å²) in [6.45, 7) is 1.36. The number of fused-ring (bicyclic) bond motifs is 1. The maximum atomic E-state index is 12.2. The van der Waals surface area contributed by atoms with Crippen molar-refractivity contribution in [3.8, 4) is 5.75 Å². The van der Waals surface area contributed by atoms with Crippen LogP contribution in [0.2, 0.25) is 0 Å². The van der Waals surface area contributed by atoms with E-state index in [0.29, 0.717) is 23.6 Å². The van der Waals surface area contributed by atoms with Crippen LogP contribution in [0.1, 0.15) is 12.8 Å². The first kappa shape index (κ1) is 16.3. The van der Waals surface area contributed by atoms with E-state index < -0.39 is 0 Å². The molecule has 134 valence electrons. The van der Waals surface area contributed by atoms with E-state index in [4.69, 9.17) is 9.47 Å². The number of benzene rings is 1. The molecule has 0 saturated carbocycles. The average molecular weight is 353 g/mol. The molecule has 0 spiro atoms. The molecule has 4 rings (SSSR count). The first-order valence-electron chi connectivity index (χ1n) is 8.49. The zero-order chi connectivity index (χ0) is 17.8. The van der Waals surface area contributed by atoms with E-state index >= 15 is 0 Å². The third-order valence-electron chi connectivity index (χ3n) is 4.10. The van der Waals surface area contributed by atoms with Gasteiger partial charge < -0.3 is 20.1 Å². The van der Waals surface area contributed by atoms with E-state index in [2.05, 4.69) is 20.7 Å². The van der Waals surface area contributed by atoms with Crippen LogP contribution in [0.5, 0.6) is 5.75 Å². The normalized spacial score (nSPS) is 16.5. The summed E-state index contributed by atoms with van der Waals surface area (Å²) in [6, 6.07) is 8.63. The Kier molecular flexibility index (Phi) is 4.65. The number of urea groups is 1. The number of hydrogen-bond donors (Lipinski definition) is 2. The Labute approximate surface area is 150 Å². The highest BCUT2D eigenvalue weighted by Gasteiger charge is 2.16. The Balaban J connectivity index is 1.32. The van der Waals surface area contributed by atoms with Crippen LogP contribution in [-0.2, 0) is 4.74 Å². The van der Waals surface area contributed by atoms with Gasteiger partial charge in [0.15, 0.2) is 5.65 Å². The van der Waals surface area contributed by atoms with Gasteiger partial charge in [-0.05, 0) is 43.2 Å². The topological polar surface area (TPSA) is 89.8 Å². The Bertz CT molecular complexity index is 887. The summed E-state index contributed by atoms with van der Waals surface area (Å²) in [7, 11) is 0. The molecule has 1 saturated heterocycles. The van der Waals surface area contributed by atoms with Crippen LogP contribution < -0.4 is 15.4 Å². The van der Waals surface area contributed by atoms with Gasteiger partial charge >= 0.3 is 6.03 Å². The summed E-state index contributed by atoms with van der Waals surface area (Å²) in [5, 5.41) is 9.65. The first-order valence-corrected chi connectivity index (χ1v) is 8.49. The lowest BCUT2D eigenvalue weighted by Crippen LogP contribution is -2.19. The highest BCUT2D eigenvalue weighted by atomic mass is 16.5. The Morgan fingerprint density at radius 3 is 3.00 bits per heavy atom. The molecule has 2 amide bonds. The predicted molar refractivity (Wildman–Crippen MR) is 96.5 cm³/mol. The second-order valence-corrected chi connectivity index (χ2v) is 6.00. The molecule has 0 bridgehead atoms. The van der Waals surface area contributed by atoms with Gasteiger partial charge in [-0.2, -0.15) is 5.10 Å². The summed E-state index contributed by atoms with van der Waals surface area (Å²) in [5.74, 6) is 0.748. The molecule has 2 aromatic heterocycles. The molecular weight excluding hydrogens is 334 g/mol. The number of anilines is 2. The van der Waals surface area contributed by atoms with Gasteiger partial charge in [0.25, 0.3) is 0 Å². The minimum atomic E-state index is -0.362. The molecule has 1 aliphatic heterocycles. The fraction of sp³-hybridized carbons (Fsp3) is 0.278. The van der Waals surface area contributed by atoms with Crippen LogP contribution in [-0.4, -0.2) is 39.9 Å². The van der Waals surface area contributed by atoms with Gasteiger partial charge in [-0.25, -0.2) is 14.3 Å². The molecule has 3 aromatic rings. The van der Waals surface area contributed by atoms with Gasteiger partial charge in [-0.1, -0.05) is 0 Å². The predicted octanol–water partition coefficient (Wildman–Crippen LogP) is 2.93. The van der Waals surface area contributed by atoms with Crippen molar-refractivity contribution in [2.45, 2.75) is 18.9 Å². The number of amides is 2. The smallest absolute Gasteiger partial charge is 0.323 e. The molecule has 2 N–H and O–H groups in total. The van der Waals surface area contributed by atoms with Gasteiger partial charge in [0.2, 0.25) is 0 Å². The van der Waals surface area contributed by atoms with E-state index in [9.17, 15) is 4.79 Å². The minimum absolute atomic E-state index is 0.179. The minimum Gasteiger partial charge on any atom is -0.491 e. The third-order valence-corrected chi connectivity index (χ3v) is 4.10. The molecule has 3 heterocycles. The molecular formula is C18H19N5O3. The lowest BCUT2D eigenvalue weighted by atomic mass is 10.2. The molecule has 26 heavy (non-hydrogen) atoms. The molecule has 8 nitrogen and oxygen atoms in total. The molecule has 0 aliphatic carbocycles. The van der Waals surface area contributed by atoms with Gasteiger partial charge in [0, 0.05) is 24.7 Å². The number of aromatic nitrogens is 3. The first-order chi connectivity index (χ1) is 12.8. The number of ether oxygens (including phenoxy) is 2. The maximum absolute atomic E-state index is 12.2. The van der Waals surface area contributed by atoms with E-state index in [1.165, 1.54) is 0 Å². The Hall–Kier alpha value is -3.13. The Morgan fingerprint density at radius 2 is 2.19 bits per heavy atom. The molecule has 0 radical (unpaired) electrons. The largest absolute Gasteiger partial charge is 0.491 e. The summed E-state index contributed by atoms with van der Waals surface area (Å²) >= 11 is 0. The number of rotatable bonds is 5. The van der Waals surface area contributed by atoms with Crippen LogP contribution in [0.4, 0.5) is 16.2 Å². The summed E-state index contributed by atoms with van der Waals surface area (Å²) in [5.41, 5.74) is 1.79. The number of carbonyl (C=O) groups excluding carboxylic acids is 1. The fourth-order valence-corrected chi connectivity index (χ4v) is 2.80. The van der Waals surface area contributed by atoms with Crippen LogP contribution in [0, 0.1) is 0 Å². The van der Waals surface area contributed by atoms with Gasteiger partial charge in [-0.15, -0.1) is 0 Å². The SMILES string of the molecule is O=C(Nc1ccc(OCC2CCCO2)cc1)Nc1cnn2cccnc12. The molecule has 8 heteroatoms. The van der Waals surface area contributed by atoms with Crippen LogP contribution >= 0.6 is 0 Å². The van der Waals surface area contributed by atoms with Gasteiger partial charge in [0.1, 0.15) is 18.0 Å². The van der Waals surface area contributed by atoms with Crippen molar-refractivity contribution < 1.29 is 14.3 Å². The van der Waals surface area contributed by atoms with E-state index in [-0.39, 0.29) is 12.1 Å². The molecule has 1 aliphatic rings. The van der Waals surface area contributed by atoms with Crippen molar-refractivity contribution in [1.82, 2.24) is 14.6 Å². The quantitative estimate of drug-likeness (QED) is 0.736.